The van der Waals surface area contributed by atoms with Gasteiger partial charge in [-0.3, -0.25) is 0 Å². The van der Waals surface area contributed by atoms with E-state index in [0.29, 0.717) is 13.1 Å². The third kappa shape index (κ3) is 3.53. The Kier molecular flexibility index (Phi) is 6.44. The SMILES string of the molecule is CCN(C1(CN)CCCCCC1)S(=O)(=O)N(C)C(C)C. The first-order valence-corrected chi connectivity index (χ1v) is 9.17. The van der Waals surface area contributed by atoms with Crippen LogP contribution in [0.15, 0.2) is 0 Å². The number of rotatable bonds is 6. The van der Waals surface area contributed by atoms with E-state index in [1.807, 2.05) is 20.8 Å². The Morgan fingerprint density at radius 1 is 1.15 bits per heavy atom. The van der Waals surface area contributed by atoms with Crippen molar-refractivity contribution in [2.75, 3.05) is 20.1 Å². The van der Waals surface area contributed by atoms with Gasteiger partial charge in [-0.05, 0) is 26.7 Å². The summed E-state index contributed by atoms with van der Waals surface area (Å²) in [4.78, 5) is 0. The van der Waals surface area contributed by atoms with Crippen molar-refractivity contribution in [2.24, 2.45) is 5.73 Å². The van der Waals surface area contributed by atoms with Crippen LogP contribution >= 0.6 is 0 Å². The van der Waals surface area contributed by atoms with Crippen molar-refractivity contribution in [3.05, 3.63) is 0 Å². The van der Waals surface area contributed by atoms with Gasteiger partial charge in [0.2, 0.25) is 0 Å². The average Bonchev–Trinajstić information content (AvgIpc) is 2.64. The Labute approximate surface area is 124 Å². The van der Waals surface area contributed by atoms with Crippen LogP contribution in [0.25, 0.3) is 0 Å². The highest BCUT2D eigenvalue weighted by Gasteiger charge is 2.43. The van der Waals surface area contributed by atoms with Crippen LogP contribution in [0.3, 0.4) is 0 Å². The summed E-state index contributed by atoms with van der Waals surface area (Å²) in [6.45, 7) is 6.60. The molecule has 0 heterocycles. The minimum absolute atomic E-state index is 0.0466. The van der Waals surface area contributed by atoms with E-state index < -0.39 is 15.7 Å². The van der Waals surface area contributed by atoms with Crippen molar-refractivity contribution in [1.29, 1.82) is 0 Å². The Hall–Kier alpha value is -0.170. The topological polar surface area (TPSA) is 66.6 Å². The molecule has 120 valence electrons. The number of hydrogen-bond donors (Lipinski definition) is 1. The second-order valence-corrected chi connectivity index (χ2v) is 8.04. The van der Waals surface area contributed by atoms with Gasteiger partial charge < -0.3 is 5.73 Å². The molecule has 2 N–H and O–H groups in total. The van der Waals surface area contributed by atoms with E-state index >= 15 is 0 Å². The molecule has 1 aliphatic rings. The summed E-state index contributed by atoms with van der Waals surface area (Å²) in [6, 6.07) is -0.0466. The quantitative estimate of drug-likeness (QED) is 0.763. The fourth-order valence-electron chi connectivity index (χ4n) is 3.11. The highest BCUT2D eigenvalue weighted by atomic mass is 32.2. The monoisotopic (exact) mass is 305 g/mol. The lowest BCUT2D eigenvalue weighted by Gasteiger charge is -2.43. The minimum Gasteiger partial charge on any atom is -0.329 e. The zero-order valence-electron chi connectivity index (χ0n) is 13.4. The predicted molar refractivity (Wildman–Crippen MR) is 83.7 cm³/mol. The second kappa shape index (κ2) is 7.20. The molecule has 0 bridgehead atoms. The third-order valence-electron chi connectivity index (χ3n) is 4.60. The van der Waals surface area contributed by atoms with E-state index in [4.69, 9.17) is 5.73 Å². The second-order valence-electron chi connectivity index (χ2n) is 6.13. The van der Waals surface area contributed by atoms with Crippen molar-refractivity contribution in [3.63, 3.8) is 0 Å². The highest BCUT2D eigenvalue weighted by Crippen LogP contribution is 2.34. The molecule has 0 atom stereocenters. The predicted octanol–water partition coefficient (Wildman–Crippen LogP) is 1.94. The molecule has 0 unspecified atom stereocenters. The molecule has 6 heteroatoms. The van der Waals surface area contributed by atoms with Gasteiger partial charge in [0.25, 0.3) is 10.2 Å². The maximum absolute atomic E-state index is 12.9. The zero-order chi connectivity index (χ0) is 15.4. The van der Waals surface area contributed by atoms with Crippen LogP contribution in [-0.2, 0) is 10.2 Å². The zero-order valence-corrected chi connectivity index (χ0v) is 14.2. The molecule has 0 aliphatic heterocycles. The van der Waals surface area contributed by atoms with E-state index in [1.54, 1.807) is 11.4 Å². The third-order valence-corrected chi connectivity index (χ3v) is 6.95. The molecule has 5 nitrogen and oxygen atoms in total. The molecule has 0 spiro atoms. The van der Waals surface area contributed by atoms with Gasteiger partial charge in [-0.2, -0.15) is 17.0 Å². The van der Waals surface area contributed by atoms with Crippen molar-refractivity contribution in [2.45, 2.75) is 70.9 Å². The fraction of sp³-hybridized carbons (Fsp3) is 1.00. The van der Waals surface area contributed by atoms with E-state index in [2.05, 4.69) is 0 Å². The molecule has 20 heavy (non-hydrogen) atoms. The Morgan fingerprint density at radius 3 is 2.00 bits per heavy atom. The maximum Gasteiger partial charge on any atom is 0.282 e. The normalized spacial score (nSPS) is 20.6. The first-order valence-electron chi connectivity index (χ1n) is 7.77. The molecule has 0 amide bonds. The number of hydrogen-bond acceptors (Lipinski definition) is 3. The molecular weight excluding hydrogens is 274 g/mol. The standard InChI is InChI=1S/C14H31N3O2S/c1-5-17(20(18,19)16(4)13(2)3)14(12-15)10-8-6-7-9-11-14/h13H,5-12,15H2,1-4H3. The van der Waals surface area contributed by atoms with Crippen LogP contribution in [-0.4, -0.2) is 48.7 Å². The van der Waals surface area contributed by atoms with Gasteiger partial charge in [-0.25, -0.2) is 0 Å². The van der Waals surface area contributed by atoms with Gasteiger partial charge >= 0.3 is 0 Å². The molecule has 0 radical (unpaired) electrons. The molecule has 0 aromatic rings. The Balaban J connectivity index is 3.14. The summed E-state index contributed by atoms with van der Waals surface area (Å²) >= 11 is 0. The summed E-state index contributed by atoms with van der Waals surface area (Å²) in [6.07, 6.45) is 6.24. The van der Waals surface area contributed by atoms with Crippen LogP contribution in [0.5, 0.6) is 0 Å². The van der Waals surface area contributed by atoms with E-state index in [9.17, 15) is 8.42 Å². The molecule has 0 aromatic carbocycles. The van der Waals surface area contributed by atoms with E-state index in [-0.39, 0.29) is 6.04 Å². The van der Waals surface area contributed by atoms with Gasteiger partial charge in [0, 0.05) is 31.7 Å². The van der Waals surface area contributed by atoms with Gasteiger partial charge in [-0.15, -0.1) is 0 Å². The highest BCUT2D eigenvalue weighted by molar-refractivity contribution is 7.86. The van der Waals surface area contributed by atoms with Crippen LogP contribution < -0.4 is 5.73 Å². The minimum atomic E-state index is -3.45. The molecular formula is C14H31N3O2S. The van der Waals surface area contributed by atoms with Crippen molar-refractivity contribution in [3.8, 4) is 0 Å². The molecule has 1 saturated carbocycles. The smallest absolute Gasteiger partial charge is 0.282 e. The molecule has 1 aliphatic carbocycles. The molecule has 1 rings (SSSR count). The average molecular weight is 305 g/mol. The van der Waals surface area contributed by atoms with Gasteiger partial charge in [-0.1, -0.05) is 32.6 Å². The van der Waals surface area contributed by atoms with Crippen LogP contribution in [0, 0.1) is 0 Å². The molecule has 0 aromatic heterocycles. The first kappa shape index (κ1) is 17.9. The first-order chi connectivity index (χ1) is 9.31. The van der Waals surface area contributed by atoms with Crippen LogP contribution in [0.2, 0.25) is 0 Å². The largest absolute Gasteiger partial charge is 0.329 e. The summed E-state index contributed by atoms with van der Waals surface area (Å²) in [5.41, 5.74) is 5.64. The lowest BCUT2D eigenvalue weighted by molar-refractivity contribution is 0.161. The van der Waals surface area contributed by atoms with Gasteiger partial charge in [0.05, 0.1) is 0 Å². The lowest BCUT2D eigenvalue weighted by atomic mass is 9.90. The maximum atomic E-state index is 12.9. The summed E-state index contributed by atoms with van der Waals surface area (Å²) in [5, 5.41) is 0. The van der Waals surface area contributed by atoms with Crippen molar-refractivity contribution in [1.82, 2.24) is 8.61 Å². The Bertz CT molecular complexity index is 387. The summed E-state index contributed by atoms with van der Waals surface area (Å²) < 4.78 is 28.9. The van der Waals surface area contributed by atoms with Gasteiger partial charge in [0.1, 0.15) is 0 Å². The lowest BCUT2D eigenvalue weighted by Crippen LogP contribution is -2.59. The van der Waals surface area contributed by atoms with Gasteiger partial charge in [0.15, 0.2) is 0 Å². The summed E-state index contributed by atoms with van der Waals surface area (Å²) in [7, 11) is -1.79. The van der Waals surface area contributed by atoms with E-state index in [0.717, 1.165) is 25.7 Å². The molecule has 0 saturated heterocycles. The van der Waals surface area contributed by atoms with Crippen LogP contribution in [0.4, 0.5) is 0 Å². The number of nitrogens with two attached hydrogens (primary N) is 1. The summed E-state index contributed by atoms with van der Waals surface area (Å²) in [5.74, 6) is 0. The van der Waals surface area contributed by atoms with Crippen molar-refractivity contribution < 1.29 is 8.42 Å². The van der Waals surface area contributed by atoms with Crippen molar-refractivity contribution >= 4 is 10.2 Å². The molecule has 1 fully saturated rings. The number of likely N-dealkylation sites (N-methyl/N-ethyl adjacent to an activating group) is 1. The van der Waals surface area contributed by atoms with E-state index in [1.165, 1.54) is 17.1 Å². The number of nitrogens with zero attached hydrogens (tertiary/aromatic N) is 2. The Morgan fingerprint density at radius 2 is 1.65 bits per heavy atom. The fourth-order valence-corrected chi connectivity index (χ4v) is 5.02. The van der Waals surface area contributed by atoms with Crippen LogP contribution in [0.1, 0.15) is 59.3 Å².